The van der Waals surface area contributed by atoms with Crippen molar-refractivity contribution in [2.24, 2.45) is 0 Å². The van der Waals surface area contributed by atoms with Gasteiger partial charge in [0, 0.05) is 6.42 Å². The monoisotopic (exact) mass is 249 g/mol. The molecule has 0 spiro atoms. The molecule has 6 heteroatoms. The highest BCUT2D eigenvalue weighted by atomic mass is 16.6. The molecule has 0 bridgehead atoms. The lowest BCUT2D eigenvalue weighted by Crippen LogP contribution is -2.43. The summed E-state index contributed by atoms with van der Waals surface area (Å²) in [5.74, 6) is 2.31. The first kappa shape index (κ1) is 9.99. The van der Waals surface area contributed by atoms with E-state index in [0.717, 1.165) is 42.9 Å². The third-order valence-corrected chi connectivity index (χ3v) is 3.37. The molecule has 0 N–H and O–H groups in total. The number of fused-ring (bicyclic) bond motifs is 2. The van der Waals surface area contributed by atoms with Crippen molar-refractivity contribution in [3.05, 3.63) is 23.7 Å². The second-order valence-electron chi connectivity index (χ2n) is 4.63. The number of aromatic nitrogens is 2. The van der Waals surface area contributed by atoms with E-state index in [9.17, 15) is 0 Å². The van der Waals surface area contributed by atoms with Gasteiger partial charge in [0.05, 0.1) is 24.8 Å². The van der Waals surface area contributed by atoms with Gasteiger partial charge in [-0.05, 0) is 11.2 Å². The van der Waals surface area contributed by atoms with Crippen LogP contribution in [0.2, 0.25) is 0 Å². The molecule has 2 aromatic heterocycles. The average molecular weight is 249 g/mol. The molecule has 0 saturated carbocycles. The van der Waals surface area contributed by atoms with Crippen LogP contribution in [0, 0.1) is 0 Å². The number of hydrogen-bond donors (Lipinski definition) is 0. The molecule has 94 valence electrons. The normalized spacial score (nSPS) is 21.7. The molecule has 0 saturated heterocycles. The van der Waals surface area contributed by atoms with Crippen molar-refractivity contribution in [2.75, 3.05) is 13.2 Å². The van der Waals surface area contributed by atoms with E-state index in [1.165, 1.54) is 0 Å². The van der Waals surface area contributed by atoms with Crippen LogP contribution in [0.25, 0.3) is 0 Å². The number of aryl methyl sites for hydroxylation is 1. The van der Waals surface area contributed by atoms with Gasteiger partial charge >= 0.3 is 5.95 Å². The maximum atomic E-state index is 5.80. The van der Waals surface area contributed by atoms with Crippen LogP contribution >= 0.6 is 0 Å². The number of ether oxygens (including phenoxy) is 2. The Hall–Kier alpha value is -1.98. The smallest absolute Gasteiger partial charge is 0.314 e. The zero-order chi connectivity index (χ0) is 11.9. The van der Waals surface area contributed by atoms with Crippen LogP contribution in [0.5, 0.6) is 11.7 Å². The Bertz CT molecular complexity index is 551. The second-order valence-corrected chi connectivity index (χ2v) is 4.63. The Kier molecular flexibility index (Phi) is 2.09. The van der Waals surface area contributed by atoms with Gasteiger partial charge in [0.25, 0.3) is 6.20 Å². The van der Waals surface area contributed by atoms with E-state index in [1.54, 1.807) is 6.20 Å². The van der Waals surface area contributed by atoms with Gasteiger partial charge in [0.1, 0.15) is 0 Å². The van der Waals surface area contributed by atoms with Gasteiger partial charge in [-0.3, -0.25) is 0 Å². The summed E-state index contributed by atoms with van der Waals surface area (Å²) in [6.07, 6.45) is 6.37. The van der Waals surface area contributed by atoms with E-state index in [4.69, 9.17) is 18.5 Å². The van der Waals surface area contributed by atoms with Crippen molar-refractivity contribution in [3.63, 3.8) is 0 Å². The number of hydrogen-bond acceptors (Lipinski definition) is 5. The third kappa shape index (κ3) is 1.48. The predicted molar refractivity (Wildman–Crippen MR) is 57.5 cm³/mol. The Morgan fingerprint density at radius 2 is 2.33 bits per heavy atom. The molecule has 1 atom stereocenters. The zero-order valence-corrected chi connectivity index (χ0v) is 9.80. The molecule has 6 nitrogen and oxygen atoms in total. The molecular formula is C12H13N2O4+. The number of nitrogens with zero attached hydrogens (tertiary/aromatic N) is 2. The molecule has 1 unspecified atom stereocenters. The first-order chi connectivity index (χ1) is 8.90. The van der Waals surface area contributed by atoms with E-state index < -0.39 is 0 Å². The van der Waals surface area contributed by atoms with Gasteiger partial charge in [0.15, 0.2) is 6.61 Å². The highest BCUT2D eigenvalue weighted by Crippen LogP contribution is 2.29. The fourth-order valence-corrected chi connectivity index (χ4v) is 2.42. The lowest BCUT2D eigenvalue weighted by Gasteiger charge is -2.13. The topological polar surface area (TPSA) is 61.5 Å². The molecule has 2 aliphatic rings. The molecule has 0 aromatic carbocycles. The minimum atomic E-state index is 0.131. The molecule has 18 heavy (non-hydrogen) atoms. The van der Waals surface area contributed by atoms with Crippen molar-refractivity contribution in [1.82, 2.24) is 5.16 Å². The first-order valence-electron chi connectivity index (χ1n) is 6.13. The first-order valence-corrected chi connectivity index (χ1v) is 6.13. The highest BCUT2D eigenvalue weighted by Gasteiger charge is 2.35. The van der Waals surface area contributed by atoms with E-state index in [0.29, 0.717) is 12.6 Å². The zero-order valence-electron chi connectivity index (χ0n) is 9.80. The van der Waals surface area contributed by atoms with Crippen LogP contribution in [0.4, 0.5) is 0 Å². The summed E-state index contributed by atoms with van der Waals surface area (Å²) in [5, 5.41) is 3.73. The van der Waals surface area contributed by atoms with Gasteiger partial charge in [0.2, 0.25) is 17.6 Å². The second kappa shape index (κ2) is 3.76. The van der Waals surface area contributed by atoms with Gasteiger partial charge in [-0.25, -0.2) is 4.52 Å². The molecule has 0 amide bonds. The third-order valence-electron chi connectivity index (χ3n) is 3.37. The summed E-state index contributed by atoms with van der Waals surface area (Å²) in [7, 11) is 0. The number of rotatable bonds is 1. The quantitative estimate of drug-likeness (QED) is 0.707. The average Bonchev–Trinajstić information content (AvgIpc) is 3.04. The van der Waals surface area contributed by atoms with Gasteiger partial charge < -0.3 is 14.0 Å². The summed E-state index contributed by atoms with van der Waals surface area (Å²) in [4.78, 5) is 0. The maximum absolute atomic E-state index is 5.80. The van der Waals surface area contributed by atoms with Crippen LogP contribution in [0.1, 0.15) is 23.8 Å². The van der Waals surface area contributed by atoms with Crippen molar-refractivity contribution >= 4 is 0 Å². The van der Waals surface area contributed by atoms with Gasteiger partial charge in [-0.1, -0.05) is 5.16 Å². The maximum Gasteiger partial charge on any atom is 0.314 e. The lowest BCUT2D eigenvalue weighted by molar-refractivity contribution is -0.884. The molecule has 0 radical (unpaired) electrons. The summed E-state index contributed by atoms with van der Waals surface area (Å²) in [6, 6.07) is 0.131. The Balaban J connectivity index is 1.62. The Labute approximate surface area is 103 Å². The fraction of sp³-hybridized carbons (Fsp3) is 0.500. The van der Waals surface area contributed by atoms with Crippen molar-refractivity contribution < 1.29 is 23.3 Å². The Morgan fingerprint density at radius 1 is 1.33 bits per heavy atom. The Morgan fingerprint density at radius 3 is 3.28 bits per heavy atom. The molecule has 2 aromatic rings. The van der Waals surface area contributed by atoms with Crippen LogP contribution < -0.4 is 14.2 Å². The van der Waals surface area contributed by atoms with Crippen LogP contribution in [-0.2, 0) is 12.8 Å². The molecule has 0 aliphatic carbocycles. The SMILES string of the molecule is c1noc2c1CC([n+]1cc3c(o1)CCCO3)CO2. The van der Waals surface area contributed by atoms with Crippen molar-refractivity contribution in [3.8, 4) is 11.7 Å². The molecule has 4 heterocycles. The summed E-state index contributed by atoms with van der Waals surface area (Å²) in [5.41, 5.74) is 0.981. The molecule has 4 rings (SSSR count). The molecule has 0 fully saturated rings. The van der Waals surface area contributed by atoms with Crippen LogP contribution in [0.15, 0.2) is 21.4 Å². The van der Waals surface area contributed by atoms with Crippen LogP contribution in [0.3, 0.4) is 0 Å². The van der Waals surface area contributed by atoms with E-state index in [-0.39, 0.29) is 6.04 Å². The summed E-state index contributed by atoms with van der Waals surface area (Å²) < 4.78 is 23.7. The standard InChI is InChI=1S/C12H13N2O4/c1-2-10-11(15-3-1)6-14(18-10)9-4-8-5-13-17-12(8)16-7-9/h5-6,9H,1-4,7H2/q+1. The highest BCUT2D eigenvalue weighted by molar-refractivity contribution is 5.23. The minimum absolute atomic E-state index is 0.131. The predicted octanol–water partition coefficient (Wildman–Crippen LogP) is 1.06. The van der Waals surface area contributed by atoms with E-state index in [1.807, 2.05) is 10.9 Å². The minimum Gasteiger partial charge on any atom is -0.485 e. The van der Waals surface area contributed by atoms with Crippen molar-refractivity contribution in [2.45, 2.75) is 25.3 Å². The van der Waals surface area contributed by atoms with E-state index >= 15 is 0 Å². The van der Waals surface area contributed by atoms with E-state index in [2.05, 4.69) is 5.16 Å². The summed E-state index contributed by atoms with van der Waals surface area (Å²) >= 11 is 0. The lowest BCUT2D eigenvalue weighted by atomic mass is 10.1. The van der Waals surface area contributed by atoms with Crippen molar-refractivity contribution in [1.29, 1.82) is 0 Å². The fourth-order valence-electron chi connectivity index (χ4n) is 2.42. The summed E-state index contributed by atoms with van der Waals surface area (Å²) in [6.45, 7) is 1.29. The largest absolute Gasteiger partial charge is 0.485 e. The van der Waals surface area contributed by atoms with Gasteiger partial charge in [-0.2, -0.15) is 0 Å². The van der Waals surface area contributed by atoms with Gasteiger partial charge in [-0.15, -0.1) is 0 Å². The van der Waals surface area contributed by atoms with Crippen LogP contribution in [-0.4, -0.2) is 18.4 Å². The molecule has 2 aliphatic heterocycles. The molecular weight excluding hydrogens is 236 g/mol.